The van der Waals surface area contributed by atoms with E-state index in [1.165, 1.54) is 22.5 Å². The van der Waals surface area contributed by atoms with Crippen LogP contribution in [0.25, 0.3) is 0 Å². The van der Waals surface area contributed by atoms with Crippen LogP contribution < -0.4 is 9.64 Å². The van der Waals surface area contributed by atoms with E-state index in [2.05, 4.69) is 75.7 Å². The van der Waals surface area contributed by atoms with Crippen molar-refractivity contribution in [2.45, 2.75) is 50.6 Å². The molecule has 2 aromatic carbocycles. The number of carbonyl (C=O) groups is 1. The first kappa shape index (κ1) is 21.8. The Kier molecular flexibility index (Phi) is 5.95. The molecule has 5 heteroatoms. The van der Waals surface area contributed by atoms with E-state index in [0.29, 0.717) is 12.2 Å². The summed E-state index contributed by atoms with van der Waals surface area (Å²) in [7, 11) is 1.70. The Bertz CT molecular complexity index is 1050. The second kappa shape index (κ2) is 8.73. The summed E-state index contributed by atoms with van der Waals surface area (Å²) >= 11 is 2.46. The maximum atomic E-state index is 13.4. The van der Waals surface area contributed by atoms with Crippen molar-refractivity contribution in [3.8, 4) is 5.75 Å². The lowest BCUT2D eigenvalue weighted by Gasteiger charge is -2.43. The molecule has 0 bridgehead atoms. The molecule has 0 unspecified atom stereocenters. The summed E-state index contributed by atoms with van der Waals surface area (Å²) in [5, 5.41) is 0. The van der Waals surface area contributed by atoms with Gasteiger partial charge in [-0.2, -0.15) is 0 Å². The van der Waals surface area contributed by atoms with E-state index >= 15 is 0 Å². The van der Waals surface area contributed by atoms with Gasteiger partial charge in [-0.1, -0.05) is 59.8 Å². The highest BCUT2D eigenvalue weighted by Crippen LogP contribution is 2.59. The highest BCUT2D eigenvalue weighted by molar-refractivity contribution is 14.1. The molecule has 1 fully saturated rings. The number of para-hydroxylation sites is 1. The lowest BCUT2D eigenvalue weighted by Crippen LogP contribution is -2.50. The number of alkyl halides is 1. The number of methoxy groups -OCH3 is 1. The lowest BCUT2D eigenvalue weighted by atomic mass is 9.66. The van der Waals surface area contributed by atoms with Gasteiger partial charge in [0.1, 0.15) is 5.75 Å². The standard InChI is InChI=1S/C27H31IN2O2/c1-3-21-24(31)17-25-27(13-16-29(26(21)27)15-6-14-28)22-7-4-5-8-23(22)30(25)18-19-9-11-20(32-2)12-10-19/h4-5,7-12,25H,3,6,13-18H2,1-2H3/t25-,27-/m0/s1. The third-order valence-electron chi connectivity index (χ3n) is 7.58. The maximum absolute atomic E-state index is 13.4. The zero-order chi connectivity index (χ0) is 22.3. The topological polar surface area (TPSA) is 32.8 Å². The molecule has 0 amide bonds. The summed E-state index contributed by atoms with van der Waals surface area (Å²) in [5.74, 6) is 1.22. The van der Waals surface area contributed by atoms with Crippen molar-refractivity contribution in [2.75, 3.05) is 29.5 Å². The molecule has 4 nitrogen and oxygen atoms in total. The van der Waals surface area contributed by atoms with E-state index in [0.717, 1.165) is 54.6 Å². The molecule has 1 saturated heterocycles. The van der Waals surface area contributed by atoms with Crippen LogP contribution in [0, 0.1) is 0 Å². The number of rotatable bonds is 7. The zero-order valence-electron chi connectivity index (χ0n) is 18.9. The molecular weight excluding hydrogens is 511 g/mol. The Hall–Kier alpha value is -2.02. The molecule has 1 aliphatic carbocycles. The number of fused-ring (bicyclic) bond motifs is 1. The fourth-order valence-electron chi connectivity index (χ4n) is 6.26. The van der Waals surface area contributed by atoms with Gasteiger partial charge in [0.25, 0.3) is 0 Å². The minimum absolute atomic E-state index is 0.0619. The highest BCUT2D eigenvalue weighted by Gasteiger charge is 2.60. The van der Waals surface area contributed by atoms with Crippen LogP contribution in [0.15, 0.2) is 59.8 Å². The second-order valence-corrected chi connectivity index (χ2v) is 10.1. The van der Waals surface area contributed by atoms with Gasteiger partial charge >= 0.3 is 0 Å². The molecule has 2 aromatic rings. The maximum Gasteiger partial charge on any atom is 0.162 e. The Balaban J connectivity index is 1.61. The summed E-state index contributed by atoms with van der Waals surface area (Å²) in [6, 6.07) is 17.4. The van der Waals surface area contributed by atoms with Crippen LogP contribution in [-0.2, 0) is 16.8 Å². The van der Waals surface area contributed by atoms with Gasteiger partial charge in [0.2, 0.25) is 0 Å². The van der Waals surface area contributed by atoms with Gasteiger partial charge in [0, 0.05) is 47.4 Å². The molecule has 3 aliphatic rings. The fraction of sp³-hybridized carbons (Fsp3) is 0.444. The predicted octanol–water partition coefficient (Wildman–Crippen LogP) is 5.49. The fourth-order valence-corrected chi connectivity index (χ4v) is 6.60. The monoisotopic (exact) mass is 542 g/mol. The van der Waals surface area contributed by atoms with E-state index < -0.39 is 0 Å². The first-order valence-electron chi connectivity index (χ1n) is 11.7. The third kappa shape index (κ3) is 3.27. The molecule has 1 spiro atoms. The van der Waals surface area contributed by atoms with E-state index in [-0.39, 0.29) is 11.5 Å². The number of allylic oxidation sites excluding steroid dienone is 1. The summed E-state index contributed by atoms with van der Waals surface area (Å²) in [4.78, 5) is 18.5. The molecule has 0 N–H and O–H groups in total. The number of nitrogens with zero attached hydrogens (tertiary/aromatic N) is 2. The second-order valence-electron chi connectivity index (χ2n) is 9.07. The van der Waals surface area contributed by atoms with Crippen molar-refractivity contribution in [1.29, 1.82) is 0 Å². The normalized spacial score (nSPS) is 24.0. The van der Waals surface area contributed by atoms with Gasteiger partial charge in [-0.05, 0) is 48.6 Å². The molecule has 2 atom stereocenters. The zero-order valence-corrected chi connectivity index (χ0v) is 21.1. The Morgan fingerprint density at radius 2 is 1.94 bits per heavy atom. The van der Waals surface area contributed by atoms with E-state index in [1.54, 1.807) is 7.11 Å². The van der Waals surface area contributed by atoms with Gasteiger partial charge in [0.15, 0.2) is 5.78 Å². The van der Waals surface area contributed by atoms with Crippen molar-refractivity contribution in [3.05, 3.63) is 70.9 Å². The summed E-state index contributed by atoms with van der Waals surface area (Å²) in [6.45, 7) is 5.05. The number of anilines is 1. The number of Topliss-reactive ketones (excluding diaryl/α,β-unsaturated/α-hetero) is 1. The SMILES string of the molecule is CCC1=C2N(CCCI)CC[C@@]23c2ccccc2N(Cc2ccc(OC)cc2)[C@H]3CC1=O. The molecule has 0 radical (unpaired) electrons. The molecule has 168 valence electrons. The largest absolute Gasteiger partial charge is 0.497 e. The van der Waals surface area contributed by atoms with Crippen LogP contribution in [0.5, 0.6) is 5.75 Å². The summed E-state index contributed by atoms with van der Waals surface area (Å²) in [5.41, 5.74) is 6.32. The number of carbonyl (C=O) groups excluding carboxylic acids is 1. The van der Waals surface area contributed by atoms with Crippen molar-refractivity contribution in [1.82, 2.24) is 4.90 Å². The Labute approximate surface area is 204 Å². The van der Waals surface area contributed by atoms with Crippen LogP contribution in [0.2, 0.25) is 0 Å². The van der Waals surface area contributed by atoms with Crippen molar-refractivity contribution < 1.29 is 9.53 Å². The number of halogens is 1. The average Bonchev–Trinajstić information content (AvgIpc) is 3.33. The van der Waals surface area contributed by atoms with Crippen LogP contribution >= 0.6 is 22.6 Å². The molecule has 0 aromatic heterocycles. The number of hydrogen-bond acceptors (Lipinski definition) is 4. The van der Waals surface area contributed by atoms with Gasteiger partial charge in [-0.25, -0.2) is 0 Å². The number of ketones is 1. The van der Waals surface area contributed by atoms with Crippen LogP contribution in [0.3, 0.4) is 0 Å². The van der Waals surface area contributed by atoms with E-state index in [1.807, 2.05) is 12.1 Å². The van der Waals surface area contributed by atoms with Crippen molar-refractivity contribution in [3.63, 3.8) is 0 Å². The quantitative estimate of drug-likeness (QED) is 0.342. The van der Waals surface area contributed by atoms with E-state index in [4.69, 9.17) is 4.74 Å². The summed E-state index contributed by atoms with van der Waals surface area (Å²) < 4.78 is 6.50. The molecule has 32 heavy (non-hydrogen) atoms. The molecule has 2 aliphatic heterocycles. The smallest absolute Gasteiger partial charge is 0.162 e. The number of likely N-dealkylation sites (tertiary alicyclic amines) is 1. The molecule has 2 heterocycles. The van der Waals surface area contributed by atoms with Crippen molar-refractivity contribution >= 4 is 34.1 Å². The number of hydrogen-bond donors (Lipinski definition) is 0. The van der Waals surface area contributed by atoms with Crippen LogP contribution in [0.4, 0.5) is 5.69 Å². The average molecular weight is 542 g/mol. The third-order valence-corrected chi connectivity index (χ3v) is 8.35. The Morgan fingerprint density at radius 3 is 2.66 bits per heavy atom. The van der Waals surface area contributed by atoms with Crippen LogP contribution in [0.1, 0.15) is 43.7 Å². The minimum atomic E-state index is -0.0619. The van der Waals surface area contributed by atoms with Gasteiger partial charge in [0.05, 0.1) is 18.6 Å². The Morgan fingerprint density at radius 1 is 1.16 bits per heavy atom. The molecule has 5 rings (SSSR count). The predicted molar refractivity (Wildman–Crippen MR) is 138 cm³/mol. The number of ether oxygens (including phenoxy) is 1. The van der Waals surface area contributed by atoms with Gasteiger partial charge in [-0.3, -0.25) is 4.79 Å². The van der Waals surface area contributed by atoms with Crippen LogP contribution in [-0.4, -0.2) is 41.4 Å². The van der Waals surface area contributed by atoms with Gasteiger partial charge < -0.3 is 14.5 Å². The lowest BCUT2D eigenvalue weighted by molar-refractivity contribution is -0.117. The molecular formula is C27H31IN2O2. The highest BCUT2D eigenvalue weighted by atomic mass is 127. The van der Waals surface area contributed by atoms with Gasteiger partial charge in [-0.15, -0.1) is 0 Å². The number of benzene rings is 2. The molecule has 0 saturated carbocycles. The first-order valence-corrected chi connectivity index (χ1v) is 13.2. The summed E-state index contributed by atoms with van der Waals surface area (Å²) in [6.07, 6.45) is 3.69. The van der Waals surface area contributed by atoms with Crippen molar-refractivity contribution in [2.24, 2.45) is 0 Å². The first-order chi connectivity index (χ1) is 15.6. The minimum Gasteiger partial charge on any atom is -0.497 e. The van der Waals surface area contributed by atoms with E-state index in [9.17, 15) is 4.79 Å².